The molecule has 0 bridgehead atoms. The summed E-state index contributed by atoms with van der Waals surface area (Å²) in [5, 5.41) is 9.00. The number of hydrogen-bond donors (Lipinski definition) is 3. The maximum Gasteiger partial charge on any atom is 0.329 e. The third-order valence-corrected chi connectivity index (χ3v) is 3.88. The van der Waals surface area contributed by atoms with Gasteiger partial charge < -0.3 is 20.1 Å². The number of nitrogens with zero attached hydrogens (tertiary/aromatic N) is 1. The second kappa shape index (κ2) is 12.0. The Labute approximate surface area is 180 Å². The number of carbonyl (C=O) groups excluding carboxylic acids is 3. The standard InChI is InChI=1S/C22H26N4O5/c1-15(2)25-21(28)22(29)26-24-13-17-9-10-18(19(11-17)30-3)31-14-20(27)23-12-16-7-5-4-6-8-16/h4-11,13,15H,12,14H2,1-3H3,(H,23,27)(H,25,28)(H,26,29)/b24-13-. The number of amides is 3. The molecule has 0 heterocycles. The van der Waals surface area contributed by atoms with Crippen molar-refractivity contribution in [2.45, 2.75) is 26.4 Å². The zero-order valence-electron chi connectivity index (χ0n) is 17.7. The van der Waals surface area contributed by atoms with Crippen molar-refractivity contribution in [3.63, 3.8) is 0 Å². The van der Waals surface area contributed by atoms with Crippen molar-refractivity contribution in [2.75, 3.05) is 13.7 Å². The molecule has 0 spiro atoms. The van der Waals surface area contributed by atoms with Crippen LogP contribution < -0.4 is 25.5 Å². The predicted octanol–water partition coefficient (Wildman–Crippen LogP) is 1.37. The van der Waals surface area contributed by atoms with Crippen LogP contribution in [0.2, 0.25) is 0 Å². The van der Waals surface area contributed by atoms with Gasteiger partial charge in [0.05, 0.1) is 13.3 Å². The first-order valence-electron chi connectivity index (χ1n) is 9.64. The molecule has 3 N–H and O–H groups in total. The normalized spacial score (nSPS) is 10.6. The third kappa shape index (κ3) is 8.17. The molecule has 0 aliphatic heterocycles. The van der Waals surface area contributed by atoms with Gasteiger partial charge in [0.2, 0.25) is 0 Å². The summed E-state index contributed by atoms with van der Waals surface area (Å²) in [6, 6.07) is 14.3. The van der Waals surface area contributed by atoms with Gasteiger partial charge in [0.25, 0.3) is 5.91 Å². The summed E-state index contributed by atoms with van der Waals surface area (Å²) in [4.78, 5) is 35.2. The smallest absolute Gasteiger partial charge is 0.329 e. The number of hydrazone groups is 1. The van der Waals surface area contributed by atoms with Crippen molar-refractivity contribution in [1.29, 1.82) is 0 Å². The molecule has 0 unspecified atom stereocenters. The lowest BCUT2D eigenvalue weighted by Crippen LogP contribution is -2.41. The van der Waals surface area contributed by atoms with Gasteiger partial charge in [0, 0.05) is 12.6 Å². The maximum atomic E-state index is 12.0. The summed E-state index contributed by atoms with van der Waals surface area (Å²) in [5.41, 5.74) is 3.74. The second-order valence-corrected chi connectivity index (χ2v) is 6.79. The van der Waals surface area contributed by atoms with E-state index in [1.165, 1.54) is 13.3 Å². The fraction of sp³-hybridized carbons (Fsp3) is 0.273. The first kappa shape index (κ1) is 23.4. The summed E-state index contributed by atoms with van der Waals surface area (Å²) in [5.74, 6) is -1.12. The van der Waals surface area contributed by atoms with E-state index in [1.54, 1.807) is 32.0 Å². The molecule has 2 rings (SSSR count). The molecule has 0 aliphatic rings. The molecule has 2 aromatic carbocycles. The Morgan fingerprint density at radius 2 is 1.77 bits per heavy atom. The molecule has 0 aromatic heterocycles. The van der Waals surface area contributed by atoms with Crippen LogP contribution in [0.4, 0.5) is 0 Å². The highest BCUT2D eigenvalue weighted by atomic mass is 16.5. The lowest BCUT2D eigenvalue weighted by atomic mass is 10.2. The van der Waals surface area contributed by atoms with Gasteiger partial charge in [-0.25, -0.2) is 5.43 Å². The van der Waals surface area contributed by atoms with E-state index in [-0.39, 0.29) is 18.6 Å². The van der Waals surface area contributed by atoms with Crippen LogP contribution in [0.15, 0.2) is 53.6 Å². The molecule has 0 aliphatic carbocycles. The van der Waals surface area contributed by atoms with Crippen LogP contribution in [-0.2, 0) is 20.9 Å². The molecule has 0 saturated heterocycles. The van der Waals surface area contributed by atoms with E-state index >= 15 is 0 Å². The first-order valence-corrected chi connectivity index (χ1v) is 9.64. The van der Waals surface area contributed by atoms with Crippen molar-refractivity contribution in [3.8, 4) is 11.5 Å². The zero-order valence-corrected chi connectivity index (χ0v) is 17.7. The number of carbonyl (C=O) groups is 3. The van der Waals surface area contributed by atoms with E-state index < -0.39 is 11.8 Å². The van der Waals surface area contributed by atoms with E-state index in [0.717, 1.165) is 5.56 Å². The molecule has 0 fully saturated rings. The third-order valence-electron chi connectivity index (χ3n) is 3.88. The number of nitrogens with one attached hydrogen (secondary N) is 3. The fourth-order valence-corrected chi connectivity index (χ4v) is 2.42. The molecule has 0 radical (unpaired) electrons. The van der Waals surface area contributed by atoms with Gasteiger partial charge in [-0.1, -0.05) is 30.3 Å². The minimum Gasteiger partial charge on any atom is -0.493 e. The fourth-order valence-electron chi connectivity index (χ4n) is 2.42. The molecule has 0 saturated carbocycles. The van der Waals surface area contributed by atoms with Crippen LogP contribution in [0.25, 0.3) is 0 Å². The van der Waals surface area contributed by atoms with Crippen LogP contribution in [-0.4, -0.2) is 43.7 Å². The Bertz CT molecular complexity index is 929. The number of rotatable bonds is 9. The number of ether oxygens (including phenoxy) is 2. The Hall–Kier alpha value is -3.88. The predicted molar refractivity (Wildman–Crippen MR) is 116 cm³/mol. The van der Waals surface area contributed by atoms with Gasteiger partial charge in [-0.2, -0.15) is 5.10 Å². The van der Waals surface area contributed by atoms with E-state index in [4.69, 9.17) is 9.47 Å². The van der Waals surface area contributed by atoms with Crippen molar-refractivity contribution in [3.05, 3.63) is 59.7 Å². The molecular formula is C22H26N4O5. The van der Waals surface area contributed by atoms with Gasteiger partial charge in [0.1, 0.15) is 0 Å². The number of hydrogen-bond acceptors (Lipinski definition) is 6. The topological polar surface area (TPSA) is 118 Å². The molecule has 2 aromatic rings. The van der Waals surface area contributed by atoms with Crippen LogP contribution in [0.5, 0.6) is 11.5 Å². The monoisotopic (exact) mass is 426 g/mol. The minimum atomic E-state index is -0.863. The van der Waals surface area contributed by atoms with Gasteiger partial charge in [-0.3, -0.25) is 14.4 Å². The number of benzene rings is 2. The highest BCUT2D eigenvalue weighted by Crippen LogP contribution is 2.27. The summed E-state index contributed by atoms with van der Waals surface area (Å²) in [7, 11) is 1.47. The molecule has 0 atom stereocenters. The Kier molecular flexibility index (Phi) is 9.03. The van der Waals surface area contributed by atoms with Crippen LogP contribution in [0, 0.1) is 0 Å². The number of methoxy groups -OCH3 is 1. The molecule has 9 nitrogen and oxygen atoms in total. The molecule has 3 amide bonds. The minimum absolute atomic E-state index is 0.153. The first-order chi connectivity index (χ1) is 14.9. The Morgan fingerprint density at radius 3 is 2.45 bits per heavy atom. The average Bonchev–Trinajstić information content (AvgIpc) is 2.76. The van der Waals surface area contributed by atoms with Gasteiger partial charge >= 0.3 is 11.8 Å². The van der Waals surface area contributed by atoms with Gasteiger partial charge in [0.15, 0.2) is 18.1 Å². The second-order valence-electron chi connectivity index (χ2n) is 6.79. The summed E-state index contributed by atoms with van der Waals surface area (Å²) < 4.78 is 10.8. The zero-order chi connectivity index (χ0) is 22.6. The lowest BCUT2D eigenvalue weighted by Gasteiger charge is -2.11. The summed E-state index contributed by atoms with van der Waals surface area (Å²) >= 11 is 0. The highest BCUT2D eigenvalue weighted by molar-refractivity contribution is 6.35. The van der Waals surface area contributed by atoms with Gasteiger partial charge in [-0.05, 0) is 43.2 Å². The average molecular weight is 426 g/mol. The van der Waals surface area contributed by atoms with Crippen molar-refractivity contribution in [1.82, 2.24) is 16.1 Å². The van der Waals surface area contributed by atoms with E-state index in [1.807, 2.05) is 30.3 Å². The Morgan fingerprint density at radius 1 is 1.03 bits per heavy atom. The molecule has 9 heteroatoms. The van der Waals surface area contributed by atoms with Crippen LogP contribution >= 0.6 is 0 Å². The SMILES string of the molecule is COc1cc(/C=N\NC(=O)C(=O)NC(C)C)ccc1OCC(=O)NCc1ccccc1. The van der Waals surface area contributed by atoms with E-state index in [2.05, 4.69) is 21.2 Å². The maximum absolute atomic E-state index is 12.0. The summed E-state index contributed by atoms with van der Waals surface area (Å²) in [6.07, 6.45) is 1.36. The molecule has 31 heavy (non-hydrogen) atoms. The van der Waals surface area contributed by atoms with Crippen molar-refractivity contribution >= 4 is 23.9 Å². The summed E-state index contributed by atoms with van der Waals surface area (Å²) in [6.45, 7) is 3.74. The quantitative estimate of drug-likeness (QED) is 0.318. The lowest BCUT2D eigenvalue weighted by molar-refractivity contribution is -0.139. The van der Waals surface area contributed by atoms with Gasteiger partial charge in [-0.15, -0.1) is 0 Å². The highest BCUT2D eigenvalue weighted by Gasteiger charge is 2.13. The van der Waals surface area contributed by atoms with Crippen LogP contribution in [0.3, 0.4) is 0 Å². The molecule has 164 valence electrons. The molecular weight excluding hydrogens is 400 g/mol. The van der Waals surface area contributed by atoms with Crippen LogP contribution in [0.1, 0.15) is 25.0 Å². The van der Waals surface area contributed by atoms with Crippen molar-refractivity contribution in [2.24, 2.45) is 5.10 Å². The Balaban J connectivity index is 1.87. The van der Waals surface area contributed by atoms with E-state index in [0.29, 0.717) is 23.6 Å². The van der Waals surface area contributed by atoms with Crippen molar-refractivity contribution < 1.29 is 23.9 Å². The largest absolute Gasteiger partial charge is 0.493 e. The van der Waals surface area contributed by atoms with E-state index in [9.17, 15) is 14.4 Å².